The third-order valence-electron chi connectivity index (χ3n) is 4.55. The Morgan fingerprint density at radius 1 is 1.48 bits per heavy atom. The van der Waals surface area contributed by atoms with Crippen LogP contribution in [-0.2, 0) is 4.79 Å². The molecule has 2 atom stereocenters. The normalized spacial score (nSPS) is 18.2. The Balaban J connectivity index is 1.70. The first kappa shape index (κ1) is 19.4. The van der Waals surface area contributed by atoms with E-state index in [0.29, 0.717) is 23.7 Å². The molecule has 2 unspecified atom stereocenters. The second kappa shape index (κ2) is 8.58. The SMILES string of the molecule is Cc1nc(-c2cccnc2)sc1C(=O)N1CCCC(C(=O)NCC(C)O)C1. The van der Waals surface area contributed by atoms with Crippen molar-refractivity contribution < 1.29 is 14.7 Å². The number of aromatic nitrogens is 2. The Kier molecular flexibility index (Phi) is 6.18. The molecule has 27 heavy (non-hydrogen) atoms. The average molecular weight is 388 g/mol. The Morgan fingerprint density at radius 2 is 2.30 bits per heavy atom. The molecule has 3 rings (SSSR count). The molecule has 1 fully saturated rings. The molecular formula is C19H24N4O3S. The van der Waals surface area contributed by atoms with E-state index >= 15 is 0 Å². The van der Waals surface area contributed by atoms with Gasteiger partial charge < -0.3 is 15.3 Å². The second-order valence-corrected chi connectivity index (χ2v) is 7.86. The molecule has 2 N–H and O–H groups in total. The fourth-order valence-electron chi connectivity index (χ4n) is 3.12. The van der Waals surface area contributed by atoms with E-state index in [1.54, 1.807) is 24.2 Å². The standard InChI is InChI=1S/C19H24N4O3S/c1-12(24)9-21-17(25)15-6-4-8-23(11-15)19(26)16-13(2)22-18(27-16)14-5-3-7-20-10-14/h3,5,7,10,12,15,24H,4,6,8-9,11H2,1-2H3,(H,21,25). The first-order valence-electron chi connectivity index (χ1n) is 9.08. The highest BCUT2D eigenvalue weighted by atomic mass is 32.1. The first-order chi connectivity index (χ1) is 13.0. The van der Waals surface area contributed by atoms with E-state index in [-0.39, 0.29) is 24.3 Å². The molecule has 0 radical (unpaired) electrons. The van der Waals surface area contributed by atoms with Gasteiger partial charge in [-0.2, -0.15) is 0 Å². The number of aliphatic hydroxyl groups is 1. The molecule has 7 nitrogen and oxygen atoms in total. The lowest BCUT2D eigenvalue weighted by atomic mass is 9.97. The number of aryl methyl sites for hydroxylation is 1. The van der Waals surface area contributed by atoms with E-state index in [2.05, 4.69) is 15.3 Å². The van der Waals surface area contributed by atoms with Gasteiger partial charge in [0.1, 0.15) is 9.88 Å². The summed E-state index contributed by atoms with van der Waals surface area (Å²) in [5.41, 5.74) is 1.59. The number of pyridine rings is 1. The topological polar surface area (TPSA) is 95.4 Å². The number of likely N-dealkylation sites (tertiary alicyclic amines) is 1. The zero-order valence-electron chi connectivity index (χ0n) is 15.5. The number of nitrogens with zero attached hydrogens (tertiary/aromatic N) is 3. The number of carbonyl (C=O) groups excluding carboxylic acids is 2. The summed E-state index contributed by atoms with van der Waals surface area (Å²) in [5.74, 6) is -0.425. The average Bonchev–Trinajstić information content (AvgIpc) is 3.08. The summed E-state index contributed by atoms with van der Waals surface area (Å²) in [5, 5.41) is 12.8. The third kappa shape index (κ3) is 4.70. The summed E-state index contributed by atoms with van der Waals surface area (Å²) in [4.78, 5) is 36.3. The lowest BCUT2D eigenvalue weighted by Crippen LogP contribution is -2.46. The maximum Gasteiger partial charge on any atom is 0.265 e. The Hall–Kier alpha value is -2.32. The smallest absolute Gasteiger partial charge is 0.265 e. The van der Waals surface area contributed by atoms with Crippen molar-refractivity contribution in [2.45, 2.75) is 32.8 Å². The number of thiazole rings is 1. The van der Waals surface area contributed by atoms with Crippen molar-refractivity contribution in [2.24, 2.45) is 5.92 Å². The van der Waals surface area contributed by atoms with Gasteiger partial charge in [-0.15, -0.1) is 11.3 Å². The van der Waals surface area contributed by atoms with Crippen molar-refractivity contribution >= 4 is 23.2 Å². The van der Waals surface area contributed by atoms with Crippen molar-refractivity contribution in [3.8, 4) is 10.6 Å². The highest BCUT2D eigenvalue weighted by molar-refractivity contribution is 7.17. The van der Waals surface area contributed by atoms with Crippen LogP contribution in [0.2, 0.25) is 0 Å². The second-order valence-electron chi connectivity index (χ2n) is 6.86. The number of nitrogens with one attached hydrogen (secondary N) is 1. The zero-order valence-corrected chi connectivity index (χ0v) is 16.3. The van der Waals surface area contributed by atoms with Gasteiger partial charge in [-0.1, -0.05) is 0 Å². The minimum absolute atomic E-state index is 0.0758. The summed E-state index contributed by atoms with van der Waals surface area (Å²) in [6.45, 7) is 4.72. The van der Waals surface area contributed by atoms with E-state index in [9.17, 15) is 14.7 Å². The summed E-state index contributed by atoms with van der Waals surface area (Å²) in [7, 11) is 0. The molecule has 0 spiro atoms. The largest absolute Gasteiger partial charge is 0.392 e. The maximum atomic E-state index is 13.0. The quantitative estimate of drug-likeness (QED) is 0.815. The van der Waals surface area contributed by atoms with Gasteiger partial charge >= 0.3 is 0 Å². The van der Waals surface area contributed by atoms with Crippen LogP contribution in [0.15, 0.2) is 24.5 Å². The predicted molar refractivity (Wildman–Crippen MR) is 103 cm³/mol. The van der Waals surface area contributed by atoms with Gasteiger partial charge in [0.05, 0.1) is 17.7 Å². The number of carbonyl (C=O) groups is 2. The summed E-state index contributed by atoms with van der Waals surface area (Å²) in [6.07, 6.45) is 4.38. The maximum absolute atomic E-state index is 13.0. The lowest BCUT2D eigenvalue weighted by molar-refractivity contribution is -0.126. The molecule has 0 saturated carbocycles. The highest BCUT2D eigenvalue weighted by Crippen LogP contribution is 2.29. The van der Waals surface area contributed by atoms with Crippen LogP contribution in [0, 0.1) is 12.8 Å². The van der Waals surface area contributed by atoms with Crippen molar-refractivity contribution in [1.29, 1.82) is 0 Å². The molecular weight excluding hydrogens is 364 g/mol. The van der Waals surface area contributed by atoms with Gasteiger partial charge in [0.15, 0.2) is 0 Å². The molecule has 2 aromatic heterocycles. The number of aliphatic hydroxyl groups excluding tert-OH is 1. The number of piperidine rings is 1. The number of amides is 2. The van der Waals surface area contributed by atoms with Crippen molar-refractivity contribution in [3.63, 3.8) is 0 Å². The molecule has 0 aromatic carbocycles. The molecule has 1 saturated heterocycles. The minimum atomic E-state index is -0.582. The van der Waals surface area contributed by atoms with Gasteiger partial charge in [-0.25, -0.2) is 4.98 Å². The monoisotopic (exact) mass is 388 g/mol. The van der Waals surface area contributed by atoms with Gasteiger partial charge in [0.25, 0.3) is 5.91 Å². The van der Waals surface area contributed by atoms with E-state index in [0.717, 1.165) is 23.4 Å². The summed E-state index contributed by atoms with van der Waals surface area (Å²) in [6, 6.07) is 3.76. The highest BCUT2D eigenvalue weighted by Gasteiger charge is 2.30. The van der Waals surface area contributed by atoms with Crippen molar-refractivity contribution in [3.05, 3.63) is 35.1 Å². The van der Waals surface area contributed by atoms with Crippen LogP contribution < -0.4 is 5.32 Å². The molecule has 0 bridgehead atoms. The molecule has 1 aliphatic heterocycles. The molecule has 8 heteroatoms. The van der Waals surface area contributed by atoms with Crippen LogP contribution in [0.25, 0.3) is 10.6 Å². The number of hydrogen-bond donors (Lipinski definition) is 2. The first-order valence-corrected chi connectivity index (χ1v) is 9.90. The van der Waals surface area contributed by atoms with Crippen molar-refractivity contribution in [2.75, 3.05) is 19.6 Å². The molecule has 144 valence electrons. The van der Waals surface area contributed by atoms with Gasteiger partial charge in [0.2, 0.25) is 5.91 Å². The number of rotatable bonds is 5. The van der Waals surface area contributed by atoms with Crippen LogP contribution >= 0.6 is 11.3 Å². The van der Waals surface area contributed by atoms with E-state index in [1.807, 2.05) is 19.1 Å². The molecule has 2 aromatic rings. The molecule has 2 amide bonds. The van der Waals surface area contributed by atoms with Gasteiger partial charge in [-0.05, 0) is 38.8 Å². The van der Waals surface area contributed by atoms with E-state index in [4.69, 9.17) is 0 Å². The van der Waals surface area contributed by atoms with Crippen LogP contribution in [-0.4, -0.2) is 57.5 Å². The Labute approximate surface area is 162 Å². The van der Waals surface area contributed by atoms with Crippen LogP contribution in [0.3, 0.4) is 0 Å². The Morgan fingerprint density at radius 3 is 3.00 bits per heavy atom. The molecule has 3 heterocycles. The molecule has 0 aliphatic carbocycles. The van der Waals surface area contributed by atoms with Crippen LogP contribution in [0.1, 0.15) is 35.1 Å². The summed E-state index contributed by atoms with van der Waals surface area (Å²) >= 11 is 1.36. The van der Waals surface area contributed by atoms with E-state index < -0.39 is 6.10 Å². The van der Waals surface area contributed by atoms with Gasteiger partial charge in [0, 0.05) is 37.6 Å². The van der Waals surface area contributed by atoms with Crippen LogP contribution in [0.5, 0.6) is 0 Å². The minimum Gasteiger partial charge on any atom is -0.392 e. The van der Waals surface area contributed by atoms with Crippen molar-refractivity contribution in [1.82, 2.24) is 20.2 Å². The lowest BCUT2D eigenvalue weighted by Gasteiger charge is -2.32. The Bertz CT molecular complexity index is 807. The fourth-order valence-corrected chi connectivity index (χ4v) is 4.14. The molecule has 1 aliphatic rings. The predicted octanol–water partition coefficient (Wildman–Crippen LogP) is 1.86. The fraction of sp³-hybridized carbons (Fsp3) is 0.474. The number of hydrogen-bond acceptors (Lipinski definition) is 6. The summed E-state index contributed by atoms with van der Waals surface area (Å²) < 4.78 is 0. The zero-order chi connectivity index (χ0) is 19.4. The van der Waals surface area contributed by atoms with E-state index in [1.165, 1.54) is 11.3 Å². The van der Waals surface area contributed by atoms with Crippen LogP contribution in [0.4, 0.5) is 0 Å². The third-order valence-corrected chi connectivity index (χ3v) is 5.74. The van der Waals surface area contributed by atoms with Gasteiger partial charge in [-0.3, -0.25) is 14.6 Å².